The van der Waals surface area contributed by atoms with E-state index in [9.17, 15) is 22.8 Å². The van der Waals surface area contributed by atoms with Gasteiger partial charge >= 0.3 is 6.18 Å². The maximum absolute atomic E-state index is 13.7. The van der Waals surface area contributed by atoms with Crippen LogP contribution in [0.3, 0.4) is 0 Å². The van der Waals surface area contributed by atoms with Crippen molar-refractivity contribution < 1.29 is 22.8 Å². The first-order valence-corrected chi connectivity index (χ1v) is 10.8. The molecule has 34 heavy (non-hydrogen) atoms. The lowest BCUT2D eigenvalue weighted by Crippen LogP contribution is -2.22. The van der Waals surface area contributed by atoms with Gasteiger partial charge in [0.25, 0.3) is 5.91 Å². The number of carbonyl (C=O) groups excluding carboxylic acids is 2. The van der Waals surface area contributed by atoms with Crippen molar-refractivity contribution in [3.8, 4) is 11.1 Å². The van der Waals surface area contributed by atoms with Crippen LogP contribution in [0.2, 0.25) is 0 Å². The van der Waals surface area contributed by atoms with Crippen molar-refractivity contribution in [2.45, 2.75) is 44.7 Å². The molecule has 0 unspecified atom stereocenters. The third kappa shape index (κ3) is 3.95. The van der Waals surface area contributed by atoms with E-state index < -0.39 is 23.7 Å². The van der Waals surface area contributed by atoms with E-state index >= 15 is 0 Å². The fourth-order valence-corrected chi connectivity index (χ4v) is 5.08. The highest BCUT2D eigenvalue weighted by Crippen LogP contribution is 2.48. The van der Waals surface area contributed by atoms with Gasteiger partial charge in [0.15, 0.2) is 5.69 Å². The lowest BCUT2D eigenvalue weighted by atomic mass is 9.86. The van der Waals surface area contributed by atoms with Crippen molar-refractivity contribution in [1.82, 2.24) is 9.78 Å². The van der Waals surface area contributed by atoms with Gasteiger partial charge in [0, 0.05) is 24.5 Å². The van der Waals surface area contributed by atoms with Crippen molar-refractivity contribution in [2.75, 3.05) is 5.32 Å². The normalized spacial score (nSPS) is 16.9. The largest absolute Gasteiger partial charge is 0.435 e. The van der Waals surface area contributed by atoms with Crippen molar-refractivity contribution in [3.63, 3.8) is 0 Å². The van der Waals surface area contributed by atoms with Crippen LogP contribution in [-0.4, -0.2) is 21.6 Å². The quantitative estimate of drug-likeness (QED) is 0.546. The van der Waals surface area contributed by atoms with Gasteiger partial charge in [-0.2, -0.15) is 18.3 Å². The van der Waals surface area contributed by atoms with E-state index in [1.807, 2.05) is 12.1 Å². The molecule has 0 aliphatic heterocycles. The van der Waals surface area contributed by atoms with Gasteiger partial charge in [0.2, 0.25) is 5.91 Å². The van der Waals surface area contributed by atoms with Gasteiger partial charge in [-0.3, -0.25) is 14.3 Å². The zero-order chi connectivity index (χ0) is 25.0. The summed E-state index contributed by atoms with van der Waals surface area (Å²) in [6.45, 7) is 6.32. The number of nitrogens with two attached hydrogens (primary N) is 1. The number of nitrogens with zero attached hydrogens (tertiary/aromatic N) is 2. The van der Waals surface area contributed by atoms with Gasteiger partial charge in [-0.15, -0.1) is 0 Å². The molecule has 1 aromatic heterocycles. The highest BCUT2D eigenvalue weighted by atomic mass is 19.4. The Hall–Kier alpha value is -3.62. The highest BCUT2D eigenvalue weighted by molar-refractivity contribution is 6.16. The lowest BCUT2D eigenvalue weighted by Gasteiger charge is -2.20. The number of carbonyl (C=O) groups is 2. The van der Waals surface area contributed by atoms with Crippen molar-refractivity contribution in [2.24, 2.45) is 12.8 Å². The number of aromatic nitrogens is 2. The van der Waals surface area contributed by atoms with Crippen LogP contribution in [0.25, 0.3) is 11.1 Å². The smallest absolute Gasteiger partial charge is 0.366 e. The number of benzene rings is 2. The molecule has 4 rings (SSSR count). The highest BCUT2D eigenvalue weighted by Gasteiger charge is 2.39. The van der Waals surface area contributed by atoms with Crippen LogP contribution in [0.15, 0.2) is 42.6 Å². The molecule has 0 saturated heterocycles. The Balaban J connectivity index is 1.87. The Bertz CT molecular complexity index is 1310. The van der Waals surface area contributed by atoms with E-state index in [2.05, 4.69) is 31.2 Å². The van der Waals surface area contributed by atoms with Crippen LogP contribution in [0.1, 0.15) is 70.6 Å². The van der Waals surface area contributed by atoms with Crippen LogP contribution < -0.4 is 11.1 Å². The number of hydrogen-bond acceptors (Lipinski definition) is 3. The third-order valence-electron chi connectivity index (χ3n) is 6.34. The summed E-state index contributed by atoms with van der Waals surface area (Å²) in [7, 11) is 1.35. The minimum Gasteiger partial charge on any atom is -0.366 e. The summed E-state index contributed by atoms with van der Waals surface area (Å²) in [5.41, 5.74) is 6.14. The van der Waals surface area contributed by atoms with Gasteiger partial charge in [-0.1, -0.05) is 45.0 Å². The molecule has 0 saturated carbocycles. The number of fused-ring (bicyclic) bond motifs is 1. The van der Waals surface area contributed by atoms with E-state index in [4.69, 9.17) is 5.73 Å². The molecule has 178 valence electrons. The van der Waals surface area contributed by atoms with Crippen molar-refractivity contribution >= 4 is 17.5 Å². The van der Waals surface area contributed by atoms with Crippen molar-refractivity contribution in [1.29, 1.82) is 0 Å². The standard InChI is InChI=1S/C25H25F3N4O2/c1-13-11-24(2,3)17-9-6-10-18(19(13)17)30-23(34)20-14(7-5-8-15(20)22(29)33)16-12-32(4)31-21(16)25(26,27)28/h5-10,12-13H,11H2,1-4H3,(H2,29,33)(H,30,34)/t13-/m0/s1. The predicted molar refractivity (Wildman–Crippen MR) is 123 cm³/mol. The first-order chi connectivity index (χ1) is 15.8. The minimum atomic E-state index is -4.76. The summed E-state index contributed by atoms with van der Waals surface area (Å²) in [5, 5.41) is 6.38. The van der Waals surface area contributed by atoms with Gasteiger partial charge < -0.3 is 11.1 Å². The van der Waals surface area contributed by atoms with Crippen LogP contribution >= 0.6 is 0 Å². The monoisotopic (exact) mass is 470 g/mol. The zero-order valence-corrected chi connectivity index (χ0v) is 19.2. The van der Waals surface area contributed by atoms with E-state index in [0.29, 0.717) is 5.69 Å². The molecule has 0 bridgehead atoms. The summed E-state index contributed by atoms with van der Waals surface area (Å²) < 4.78 is 42.1. The second-order valence-electron chi connectivity index (χ2n) is 9.37. The van der Waals surface area contributed by atoms with E-state index in [0.717, 1.165) is 22.2 Å². The average Bonchev–Trinajstić information content (AvgIpc) is 3.24. The summed E-state index contributed by atoms with van der Waals surface area (Å²) in [5.74, 6) is -1.47. The maximum Gasteiger partial charge on any atom is 0.435 e. The molecule has 1 atom stereocenters. The average molecular weight is 470 g/mol. The van der Waals surface area contributed by atoms with Crippen molar-refractivity contribution in [3.05, 3.63) is 70.5 Å². The SMILES string of the molecule is C[C@H]1CC(C)(C)c2cccc(NC(=O)c3c(C(N)=O)cccc3-c3cn(C)nc3C(F)(F)F)c21. The summed E-state index contributed by atoms with van der Waals surface area (Å²) in [4.78, 5) is 25.7. The molecule has 3 aromatic rings. The Kier molecular flexibility index (Phi) is 5.54. The predicted octanol–water partition coefficient (Wildman–Crippen LogP) is 5.24. The van der Waals surface area contributed by atoms with Crippen LogP contribution in [0.4, 0.5) is 18.9 Å². The van der Waals surface area contributed by atoms with E-state index in [-0.39, 0.29) is 33.6 Å². The molecule has 0 radical (unpaired) electrons. The molecule has 1 aliphatic carbocycles. The number of alkyl halides is 3. The van der Waals surface area contributed by atoms with E-state index in [1.165, 1.54) is 31.4 Å². The number of halogens is 3. The molecule has 6 nitrogen and oxygen atoms in total. The Morgan fingerprint density at radius 3 is 2.47 bits per heavy atom. The van der Waals surface area contributed by atoms with Gasteiger partial charge in [0.05, 0.1) is 11.1 Å². The number of amides is 2. The molecule has 1 aliphatic rings. The molecule has 9 heteroatoms. The Labute approximate surface area is 195 Å². The number of aryl methyl sites for hydroxylation is 1. The van der Waals surface area contributed by atoms with Crippen LogP contribution in [0, 0.1) is 0 Å². The second kappa shape index (κ2) is 8.00. The van der Waals surface area contributed by atoms with Gasteiger partial charge in [-0.25, -0.2) is 0 Å². The minimum absolute atomic E-state index is 0.0739. The Morgan fingerprint density at radius 2 is 1.82 bits per heavy atom. The van der Waals surface area contributed by atoms with Gasteiger partial charge in [-0.05, 0) is 46.6 Å². The van der Waals surface area contributed by atoms with Crippen LogP contribution in [0.5, 0.6) is 0 Å². The maximum atomic E-state index is 13.7. The topological polar surface area (TPSA) is 90.0 Å². The first kappa shape index (κ1) is 23.5. The summed E-state index contributed by atoms with van der Waals surface area (Å²) in [6, 6.07) is 9.68. The first-order valence-electron chi connectivity index (χ1n) is 10.8. The molecule has 0 spiro atoms. The van der Waals surface area contributed by atoms with Gasteiger partial charge in [0.1, 0.15) is 0 Å². The fourth-order valence-electron chi connectivity index (χ4n) is 5.08. The number of hydrogen-bond donors (Lipinski definition) is 2. The number of nitrogens with one attached hydrogen (secondary N) is 1. The van der Waals surface area contributed by atoms with E-state index in [1.54, 1.807) is 6.07 Å². The molecule has 0 fully saturated rings. The number of primary amides is 1. The summed E-state index contributed by atoms with van der Waals surface area (Å²) in [6.07, 6.45) is -2.69. The summed E-state index contributed by atoms with van der Waals surface area (Å²) >= 11 is 0. The molecule has 1 heterocycles. The molecular weight excluding hydrogens is 445 g/mol. The lowest BCUT2D eigenvalue weighted by molar-refractivity contribution is -0.141. The number of anilines is 1. The second-order valence-corrected chi connectivity index (χ2v) is 9.37. The fraction of sp³-hybridized carbons (Fsp3) is 0.320. The zero-order valence-electron chi connectivity index (χ0n) is 19.2. The molecule has 3 N–H and O–H groups in total. The molecular formula is C25H25F3N4O2. The molecule has 2 aromatic carbocycles. The number of rotatable bonds is 4. The third-order valence-corrected chi connectivity index (χ3v) is 6.34. The molecule has 2 amide bonds. The van der Waals surface area contributed by atoms with Crippen LogP contribution in [-0.2, 0) is 18.6 Å². The Morgan fingerprint density at radius 1 is 1.15 bits per heavy atom.